The maximum absolute atomic E-state index is 6.17. The number of hydrogen-bond acceptors (Lipinski definition) is 3. The van der Waals surface area contributed by atoms with E-state index in [0.29, 0.717) is 24.2 Å². The van der Waals surface area contributed by atoms with Gasteiger partial charge >= 0.3 is 0 Å². The van der Waals surface area contributed by atoms with E-state index in [4.69, 9.17) is 14.2 Å². The normalized spacial score (nSPS) is 33.9. The molecule has 0 bridgehead atoms. The topological polar surface area (TPSA) is 27.7 Å². The van der Waals surface area contributed by atoms with E-state index in [2.05, 4.69) is 90.1 Å². The summed E-state index contributed by atoms with van der Waals surface area (Å²) in [6, 6.07) is 17.6. The smallest absolute Gasteiger partial charge is 0.119 e. The van der Waals surface area contributed by atoms with E-state index in [1.54, 1.807) is 0 Å². The van der Waals surface area contributed by atoms with Crippen molar-refractivity contribution in [3.05, 3.63) is 54.1 Å². The Kier molecular flexibility index (Phi) is 6.70. The fraction of sp³-hybridized carbons (Fsp3) is 0.586. The molecule has 2 aromatic rings. The van der Waals surface area contributed by atoms with Gasteiger partial charge < -0.3 is 14.2 Å². The first-order valence-corrected chi connectivity index (χ1v) is 12.5. The van der Waals surface area contributed by atoms with Crippen LogP contribution in [0.25, 0.3) is 11.1 Å². The SMILES string of the molecule is CCC1(CCc2ccc(-c3ccc(OCC4(CC)C(C)OC4C)cc3)cc2)C(C)OC1C. The van der Waals surface area contributed by atoms with Gasteiger partial charge in [0.25, 0.3) is 0 Å². The van der Waals surface area contributed by atoms with Crippen molar-refractivity contribution in [1.29, 1.82) is 0 Å². The maximum Gasteiger partial charge on any atom is 0.119 e. The van der Waals surface area contributed by atoms with Crippen molar-refractivity contribution in [3.8, 4) is 16.9 Å². The van der Waals surface area contributed by atoms with Crippen LogP contribution in [0.3, 0.4) is 0 Å². The Morgan fingerprint density at radius 1 is 0.688 bits per heavy atom. The van der Waals surface area contributed by atoms with Crippen LogP contribution in [-0.2, 0) is 15.9 Å². The van der Waals surface area contributed by atoms with E-state index in [-0.39, 0.29) is 17.6 Å². The van der Waals surface area contributed by atoms with Crippen molar-refractivity contribution in [3.63, 3.8) is 0 Å². The lowest BCUT2D eigenvalue weighted by molar-refractivity contribution is -0.246. The Morgan fingerprint density at radius 3 is 1.59 bits per heavy atom. The molecule has 0 radical (unpaired) electrons. The third-order valence-corrected chi connectivity index (χ3v) is 8.90. The van der Waals surface area contributed by atoms with E-state index >= 15 is 0 Å². The van der Waals surface area contributed by atoms with Crippen molar-refractivity contribution in [2.75, 3.05) is 6.61 Å². The summed E-state index contributed by atoms with van der Waals surface area (Å²) in [6.45, 7) is 14.0. The quantitative estimate of drug-likeness (QED) is 0.421. The molecule has 0 saturated carbocycles. The van der Waals surface area contributed by atoms with Gasteiger partial charge in [0, 0.05) is 5.41 Å². The average Bonchev–Trinajstić information content (AvgIpc) is 2.81. The lowest BCUT2D eigenvalue weighted by Gasteiger charge is -2.53. The Hall–Kier alpha value is -1.84. The zero-order valence-electron chi connectivity index (χ0n) is 20.7. The highest BCUT2D eigenvalue weighted by atomic mass is 16.5. The summed E-state index contributed by atoms with van der Waals surface area (Å²) in [5, 5.41) is 0. The minimum Gasteiger partial charge on any atom is -0.493 e. The van der Waals surface area contributed by atoms with Gasteiger partial charge in [-0.05, 0) is 82.2 Å². The molecule has 4 unspecified atom stereocenters. The van der Waals surface area contributed by atoms with Crippen LogP contribution in [-0.4, -0.2) is 31.0 Å². The number of ether oxygens (including phenoxy) is 3. The van der Waals surface area contributed by atoms with E-state index in [0.717, 1.165) is 18.6 Å². The standard InChI is InChI=1S/C29H40O3/c1-7-28(20(3)31-21(28)4)18-17-24-9-11-25(12-10-24)26-13-15-27(16-14-26)30-19-29(8-2)22(5)32-23(29)6/h9-16,20-23H,7-8,17-19H2,1-6H3. The van der Waals surface area contributed by atoms with Crippen LogP contribution in [0, 0.1) is 10.8 Å². The fourth-order valence-corrected chi connectivity index (χ4v) is 5.94. The summed E-state index contributed by atoms with van der Waals surface area (Å²) in [4.78, 5) is 0. The molecule has 2 fully saturated rings. The highest BCUT2D eigenvalue weighted by Crippen LogP contribution is 2.48. The van der Waals surface area contributed by atoms with E-state index in [1.807, 2.05) is 0 Å². The van der Waals surface area contributed by atoms with Crippen molar-refractivity contribution in [1.82, 2.24) is 0 Å². The van der Waals surface area contributed by atoms with Gasteiger partial charge in [-0.3, -0.25) is 0 Å². The summed E-state index contributed by atoms with van der Waals surface area (Å²) in [5.41, 5.74) is 4.35. The molecule has 2 aliphatic rings. The Labute approximate surface area is 194 Å². The van der Waals surface area contributed by atoms with Crippen LogP contribution in [0.15, 0.2) is 48.5 Å². The molecule has 0 aliphatic carbocycles. The summed E-state index contributed by atoms with van der Waals surface area (Å²) in [5.74, 6) is 0.931. The highest BCUT2D eigenvalue weighted by molar-refractivity contribution is 5.64. The van der Waals surface area contributed by atoms with Crippen LogP contribution < -0.4 is 4.74 Å². The summed E-state index contributed by atoms with van der Waals surface area (Å²) < 4.78 is 17.8. The molecule has 2 aliphatic heterocycles. The second-order valence-electron chi connectivity index (χ2n) is 10.0. The molecule has 3 heteroatoms. The van der Waals surface area contributed by atoms with Gasteiger partial charge in [-0.2, -0.15) is 0 Å². The van der Waals surface area contributed by atoms with Crippen molar-refractivity contribution in [2.24, 2.45) is 10.8 Å². The Bertz CT molecular complexity index is 794. The lowest BCUT2D eigenvalue weighted by Crippen LogP contribution is -2.59. The molecule has 2 heterocycles. The van der Waals surface area contributed by atoms with Gasteiger partial charge in [-0.1, -0.05) is 50.2 Å². The molecule has 2 saturated heterocycles. The Morgan fingerprint density at radius 2 is 1.16 bits per heavy atom. The van der Waals surface area contributed by atoms with Gasteiger partial charge in [0.1, 0.15) is 5.75 Å². The maximum atomic E-state index is 6.17. The third kappa shape index (κ3) is 3.99. The average molecular weight is 437 g/mol. The second-order valence-corrected chi connectivity index (χ2v) is 10.0. The Balaban J connectivity index is 1.34. The molecule has 4 atom stereocenters. The van der Waals surface area contributed by atoms with Gasteiger partial charge in [0.05, 0.1) is 36.4 Å². The van der Waals surface area contributed by atoms with E-state index in [9.17, 15) is 0 Å². The molecule has 4 rings (SSSR count). The largest absolute Gasteiger partial charge is 0.493 e. The first kappa shape index (κ1) is 23.3. The van der Waals surface area contributed by atoms with Gasteiger partial charge in [-0.25, -0.2) is 0 Å². The summed E-state index contributed by atoms with van der Waals surface area (Å²) in [6.07, 6.45) is 5.83. The number of aryl methyl sites for hydroxylation is 1. The molecule has 0 N–H and O–H groups in total. The first-order chi connectivity index (χ1) is 15.3. The predicted molar refractivity (Wildman–Crippen MR) is 131 cm³/mol. The highest BCUT2D eigenvalue weighted by Gasteiger charge is 2.51. The molecule has 0 spiro atoms. The van der Waals surface area contributed by atoms with Crippen LogP contribution in [0.5, 0.6) is 5.75 Å². The number of rotatable bonds is 9. The van der Waals surface area contributed by atoms with Crippen LogP contribution in [0.4, 0.5) is 0 Å². The molecule has 0 aromatic heterocycles. The number of benzene rings is 2. The molecule has 174 valence electrons. The first-order valence-electron chi connectivity index (χ1n) is 12.5. The monoisotopic (exact) mass is 436 g/mol. The third-order valence-electron chi connectivity index (χ3n) is 8.90. The molecule has 0 amide bonds. The summed E-state index contributed by atoms with van der Waals surface area (Å²) in [7, 11) is 0. The minimum atomic E-state index is 0.131. The van der Waals surface area contributed by atoms with Gasteiger partial charge in [0.15, 0.2) is 0 Å². The van der Waals surface area contributed by atoms with E-state index < -0.39 is 0 Å². The van der Waals surface area contributed by atoms with Gasteiger partial charge in [0.2, 0.25) is 0 Å². The zero-order chi connectivity index (χ0) is 22.9. The molecular weight excluding hydrogens is 396 g/mol. The number of hydrogen-bond donors (Lipinski definition) is 0. The van der Waals surface area contributed by atoms with Crippen molar-refractivity contribution < 1.29 is 14.2 Å². The van der Waals surface area contributed by atoms with E-state index in [1.165, 1.54) is 29.5 Å². The van der Waals surface area contributed by atoms with Crippen LogP contribution >= 0.6 is 0 Å². The molecule has 2 aromatic carbocycles. The van der Waals surface area contributed by atoms with Gasteiger partial charge in [-0.15, -0.1) is 0 Å². The molecular formula is C29H40O3. The molecule has 32 heavy (non-hydrogen) atoms. The molecule has 3 nitrogen and oxygen atoms in total. The van der Waals surface area contributed by atoms with Crippen LogP contribution in [0.2, 0.25) is 0 Å². The zero-order valence-corrected chi connectivity index (χ0v) is 20.7. The summed E-state index contributed by atoms with van der Waals surface area (Å²) >= 11 is 0. The van der Waals surface area contributed by atoms with Crippen LogP contribution in [0.1, 0.15) is 66.4 Å². The predicted octanol–water partition coefficient (Wildman–Crippen LogP) is 7.07. The lowest BCUT2D eigenvalue weighted by atomic mass is 9.67. The fourth-order valence-electron chi connectivity index (χ4n) is 5.94. The second kappa shape index (κ2) is 9.19. The van der Waals surface area contributed by atoms with Crippen molar-refractivity contribution >= 4 is 0 Å². The minimum absolute atomic E-state index is 0.131. The van der Waals surface area contributed by atoms with Crippen molar-refractivity contribution in [2.45, 2.75) is 91.6 Å².